The van der Waals surface area contributed by atoms with Gasteiger partial charge in [0.2, 0.25) is 0 Å². The minimum Gasteiger partial charge on any atom is -0.342 e. The highest BCUT2D eigenvalue weighted by Gasteiger charge is 2.29. The van der Waals surface area contributed by atoms with Crippen molar-refractivity contribution in [2.45, 2.75) is 38.6 Å². The number of aromatic amines is 1. The molecule has 3 N–H and O–H groups in total. The summed E-state index contributed by atoms with van der Waals surface area (Å²) in [5.41, 5.74) is 4.32. The van der Waals surface area contributed by atoms with Crippen LogP contribution >= 0.6 is 0 Å². The van der Waals surface area contributed by atoms with Gasteiger partial charge in [0.1, 0.15) is 30.3 Å². The van der Waals surface area contributed by atoms with Crippen LogP contribution in [0, 0.1) is 5.82 Å². The van der Waals surface area contributed by atoms with E-state index in [0.717, 1.165) is 37.2 Å². The summed E-state index contributed by atoms with van der Waals surface area (Å²) in [6.45, 7) is 5.55. The van der Waals surface area contributed by atoms with Crippen LogP contribution in [0.2, 0.25) is 0 Å². The number of carbonyl (C=O) groups excluding carboxylic acids is 1. The first-order valence-electron chi connectivity index (χ1n) is 12.6. The smallest absolute Gasteiger partial charge is 0.275 e. The van der Waals surface area contributed by atoms with Crippen molar-refractivity contribution in [2.24, 2.45) is 0 Å². The van der Waals surface area contributed by atoms with Crippen LogP contribution in [0.3, 0.4) is 0 Å². The molecule has 37 heavy (non-hydrogen) atoms. The summed E-state index contributed by atoms with van der Waals surface area (Å²) < 4.78 is 15.5. The molecule has 0 spiro atoms. The number of piperidine rings is 1. The summed E-state index contributed by atoms with van der Waals surface area (Å²) in [5.74, 6) is 0.292. The van der Waals surface area contributed by atoms with Crippen molar-refractivity contribution in [1.82, 2.24) is 19.5 Å². The van der Waals surface area contributed by atoms with Gasteiger partial charge in [-0.1, -0.05) is 12.1 Å². The molecular weight excluding hydrogens is 471 g/mol. The number of carbonyl (C=O) groups is 1. The fourth-order valence-corrected chi connectivity index (χ4v) is 4.86. The first-order valence-corrected chi connectivity index (χ1v) is 12.6. The monoisotopic (exact) mass is 503 g/mol. The predicted molar refractivity (Wildman–Crippen MR) is 140 cm³/mol. The van der Waals surface area contributed by atoms with E-state index in [1.807, 2.05) is 49.7 Å². The summed E-state index contributed by atoms with van der Waals surface area (Å²) >= 11 is 0. The van der Waals surface area contributed by atoms with E-state index in [1.165, 1.54) is 17.7 Å². The zero-order valence-electron chi connectivity index (χ0n) is 21.3. The maximum Gasteiger partial charge on any atom is 0.275 e. The number of aromatic nitrogens is 4. The molecule has 0 aliphatic carbocycles. The number of hydrogen-bond acceptors (Lipinski definition) is 4. The van der Waals surface area contributed by atoms with Gasteiger partial charge in [0.15, 0.2) is 5.82 Å². The van der Waals surface area contributed by atoms with Crippen molar-refractivity contribution in [3.63, 3.8) is 0 Å². The van der Waals surface area contributed by atoms with E-state index in [4.69, 9.17) is 0 Å². The van der Waals surface area contributed by atoms with Crippen molar-refractivity contribution in [3.05, 3.63) is 78.1 Å². The number of quaternary nitrogens is 1. The molecule has 9 heteroatoms. The van der Waals surface area contributed by atoms with Gasteiger partial charge in [-0.2, -0.15) is 4.65 Å². The van der Waals surface area contributed by atoms with Gasteiger partial charge >= 0.3 is 0 Å². The number of amides is 1. The molecule has 1 aliphatic heterocycles. The second-order valence-electron chi connectivity index (χ2n) is 10.2. The van der Waals surface area contributed by atoms with Crippen LogP contribution in [0.1, 0.15) is 54.7 Å². The number of anilines is 1. The Morgan fingerprint density at radius 1 is 1.14 bits per heavy atom. The molecular formula is C28H32FN6O2+. The van der Waals surface area contributed by atoms with Gasteiger partial charge in [-0.05, 0) is 61.7 Å². The molecule has 0 atom stereocenters. The molecule has 2 aromatic carbocycles. The Morgan fingerprint density at radius 3 is 2.46 bits per heavy atom. The second kappa shape index (κ2) is 9.91. The fraction of sp³-hybridized carbons (Fsp3) is 0.321. The normalized spacial score (nSPS) is 19.8. The van der Waals surface area contributed by atoms with Gasteiger partial charge in [-0.15, -0.1) is 0 Å². The van der Waals surface area contributed by atoms with Crippen molar-refractivity contribution in [2.75, 3.05) is 25.5 Å². The van der Waals surface area contributed by atoms with Gasteiger partial charge in [-0.25, -0.2) is 19.6 Å². The fourth-order valence-electron chi connectivity index (χ4n) is 4.86. The van der Waals surface area contributed by atoms with E-state index in [2.05, 4.69) is 20.3 Å². The Kier molecular flexibility index (Phi) is 6.66. The third-order valence-electron chi connectivity index (χ3n) is 7.06. The lowest BCUT2D eigenvalue weighted by atomic mass is 9.89. The van der Waals surface area contributed by atoms with Gasteiger partial charge in [0, 0.05) is 36.3 Å². The van der Waals surface area contributed by atoms with Gasteiger partial charge in [-0.3, -0.25) is 4.79 Å². The number of benzene rings is 2. The van der Waals surface area contributed by atoms with Crippen LogP contribution in [0.15, 0.2) is 61.1 Å². The molecule has 1 amide bonds. The summed E-state index contributed by atoms with van der Waals surface area (Å²) in [7, 11) is 1.84. The number of H-pyrrole nitrogens is 1. The van der Waals surface area contributed by atoms with E-state index < -0.39 is 0 Å². The average molecular weight is 504 g/mol. The average Bonchev–Trinajstić information content (AvgIpc) is 3.53. The molecule has 1 aliphatic rings. The van der Waals surface area contributed by atoms with E-state index in [0.29, 0.717) is 23.1 Å². The summed E-state index contributed by atoms with van der Waals surface area (Å²) in [4.78, 5) is 25.2. The highest BCUT2D eigenvalue weighted by Crippen LogP contribution is 2.32. The van der Waals surface area contributed by atoms with Crippen LogP contribution in [0.4, 0.5) is 10.1 Å². The van der Waals surface area contributed by atoms with E-state index >= 15 is 0 Å². The number of nitrogens with one attached hydrogen (secondary N) is 2. The third kappa shape index (κ3) is 5.33. The topological polar surface area (TPSA) is 95.8 Å². The molecule has 0 radical (unpaired) electrons. The lowest BCUT2D eigenvalue weighted by Crippen LogP contribution is -2.46. The third-order valence-corrected chi connectivity index (χ3v) is 7.06. The number of hydroxylamine groups is 3. The standard InChI is InChI=1S/C28H31FN6O2/c1-18(2)34-17-31-25(21-4-8-22(29)9-5-21)26(34)27-30-16-24(33-27)28(36)32-23-10-6-19(7-11-23)20-12-14-35(3,37)15-13-20/h4-11,16-18,20,37H,12-15H2,1-3H3,(H-,30,32,33,36)/p+1. The number of nitrogens with zero attached hydrogens (tertiary/aromatic N) is 4. The molecule has 4 aromatic rings. The lowest BCUT2D eigenvalue weighted by Gasteiger charge is -2.33. The van der Waals surface area contributed by atoms with Crippen molar-refractivity contribution < 1.29 is 19.0 Å². The zero-order valence-corrected chi connectivity index (χ0v) is 21.3. The molecule has 5 rings (SSSR count). The minimum absolute atomic E-state index is 0.0830. The Hall–Kier alpha value is -3.82. The summed E-state index contributed by atoms with van der Waals surface area (Å²) in [6, 6.07) is 14.2. The van der Waals surface area contributed by atoms with Crippen LogP contribution in [-0.4, -0.2) is 55.4 Å². The van der Waals surface area contributed by atoms with Crippen LogP contribution in [0.5, 0.6) is 0 Å². The molecule has 1 fully saturated rings. The maximum atomic E-state index is 13.5. The zero-order chi connectivity index (χ0) is 26.2. The highest BCUT2D eigenvalue weighted by atomic mass is 19.1. The molecule has 8 nitrogen and oxygen atoms in total. The number of likely N-dealkylation sites (tertiary alicyclic amines) is 1. The van der Waals surface area contributed by atoms with E-state index in [9.17, 15) is 14.4 Å². The predicted octanol–water partition coefficient (Wildman–Crippen LogP) is 5.63. The molecule has 192 valence electrons. The Morgan fingerprint density at radius 2 is 1.81 bits per heavy atom. The molecule has 1 saturated heterocycles. The first-order chi connectivity index (χ1) is 17.7. The maximum absolute atomic E-state index is 13.5. The summed E-state index contributed by atoms with van der Waals surface area (Å²) in [6.07, 6.45) is 5.18. The molecule has 0 unspecified atom stereocenters. The first kappa shape index (κ1) is 24.9. The summed E-state index contributed by atoms with van der Waals surface area (Å²) in [5, 5.41) is 13.1. The number of imidazole rings is 2. The number of hydrogen-bond donors (Lipinski definition) is 3. The van der Waals surface area contributed by atoms with Gasteiger partial charge in [0.05, 0.1) is 19.1 Å². The second-order valence-corrected chi connectivity index (χ2v) is 10.2. The Balaban J connectivity index is 1.33. The van der Waals surface area contributed by atoms with Crippen molar-refractivity contribution in [1.29, 1.82) is 0 Å². The van der Waals surface area contributed by atoms with Crippen LogP contribution in [0.25, 0.3) is 22.8 Å². The van der Waals surface area contributed by atoms with Crippen LogP contribution < -0.4 is 5.32 Å². The lowest BCUT2D eigenvalue weighted by molar-refractivity contribution is -1.09. The molecule has 0 saturated carbocycles. The van der Waals surface area contributed by atoms with E-state index in [1.54, 1.807) is 24.7 Å². The molecule has 0 bridgehead atoms. The largest absolute Gasteiger partial charge is 0.342 e. The van der Waals surface area contributed by atoms with Gasteiger partial charge < -0.3 is 14.9 Å². The molecule has 3 heterocycles. The van der Waals surface area contributed by atoms with Crippen molar-refractivity contribution >= 4 is 11.6 Å². The van der Waals surface area contributed by atoms with E-state index in [-0.39, 0.29) is 28.1 Å². The Bertz CT molecular complexity index is 1380. The van der Waals surface area contributed by atoms with Crippen LogP contribution in [-0.2, 0) is 0 Å². The van der Waals surface area contributed by atoms with Gasteiger partial charge in [0.25, 0.3) is 5.91 Å². The highest BCUT2D eigenvalue weighted by molar-refractivity contribution is 6.03. The quantitative estimate of drug-likeness (QED) is 0.297. The minimum atomic E-state index is -0.319. The van der Waals surface area contributed by atoms with Crippen molar-refractivity contribution in [3.8, 4) is 22.8 Å². The number of halogens is 1. The number of rotatable bonds is 6. The molecule has 2 aromatic heterocycles. The Labute approximate surface area is 215 Å². The SMILES string of the molecule is CC(C)n1cnc(-c2ccc(F)cc2)c1-c1nc(C(=O)Nc2ccc(C3CC[N+](C)(O)CC3)cc2)c[nH]1.